The number of para-hydroxylation sites is 2. The monoisotopic (exact) mass is 350 g/mol. The minimum Gasteiger partial charge on any atom is -0.486 e. The number of benzene rings is 1. The van der Waals surface area contributed by atoms with E-state index in [1.807, 2.05) is 24.3 Å². The number of aromatic nitrogens is 3. The lowest BCUT2D eigenvalue weighted by molar-refractivity contribution is 0.0812. The predicted octanol–water partition coefficient (Wildman–Crippen LogP) is 2.43. The second-order valence-corrected chi connectivity index (χ2v) is 5.96. The fourth-order valence-corrected chi connectivity index (χ4v) is 2.74. The molecule has 0 saturated carbocycles. The van der Waals surface area contributed by atoms with Crippen molar-refractivity contribution in [2.45, 2.75) is 12.5 Å². The maximum Gasteiger partial charge on any atom is 0.252 e. The molecule has 7 nitrogen and oxygen atoms in total. The molecule has 26 heavy (non-hydrogen) atoms. The third kappa shape index (κ3) is 3.51. The molecule has 1 aromatic carbocycles. The van der Waals surface area contributed by atoms with Gasteiger partial charge in [-0.15, -0.1) is 0 Å². The van der Waals surface area contributed by atoms with Crippen molar-refractivity contribution >= 4 is 5.91 Å². The summed E-state index contributed by atoms with van der Waals surface area (Å²) in [5.41, 5.74) is 2.16. The Kier molecular flexibility index (Phi) is 4.51. The van der Waals surface area contributed by atoms with Crippen LogP contribution >= 0.6 is 0 Å². The van der Waals surface area contributed by atoms with Crippen LogP contribution in [0, 0.1) is 0 Å². The summed E-state index contributed by atoms with van der Waals surface area (Å²) >= 11 is 0. The zero-order valence-electron chi connectivity index (χ0n) is 14.0. The highest BCUT2D eigenvalue weighted by atomic mass is 16.6. The Morgan fingerprint density at radius 3 is 2.85 bits per heavy atom. The largest absolute Gasteiger partial charge is 0.486 e. The number of hydrogen-bond acceptors (Lipinski definition) is 5. The molecule has 0 radical (unpaired) electrons. The SMILES string of the molecule is O=C(NCC[C@@H]1COc2ccccc2O1)c1ccc(-c2cn[nH]c2)nc1. The van der Waals surface area contributed by atoms with Crippen LogP contribution in [0.5, 0.6) is 11.5 Å². The number of nitrogens with one attached hydrogen (secondary N) is 2. The number of H-pyrrole nitrogens is 1. The van der Waals surface area contributed by atoms with E-state index in [0.717, 1.165) is 22.8 Å². The van der Waals surface area contributed by atoms with E-state index in [1.165, 1.54) is 0 Å². The van der Waals surface area contributed by atoms with Crippen LogP contribution in [-0.2, 0) is 0 Å². The summed E-state index contributed by atoms with van der Waals surface area (Å²) < 4.78 is 11.6. The van der Waals surface area contributed by atoms with Crippen LogP contribution in [0.25, 0.3) is 11.3 Å². The molecule has 132 valence electrons. The third-order valence-corrected chi connectivity index (χ3v) is 4.14. The summed E-state index contributed by atoms with van der Waals surface area (Å²) in [6.45, 7) is 0.979. The van der Waals surface area contributed by atoms with Gasteiger partial charge in [0.05, 0.1) is 17.5 Å². The molecule has 0 saturated heterocycles. The number of carbonyl (C=O) groups is 1. The van der Waals surface area contributed by atoms with Crippen LogP contribution in [0.3, 0.4) is 0 Å². The number of ether oxygens (including phenoxy) is 2. The molecule has 3 aromatic rings. The predicted molar refractivity (Wildman–Crippen MR) is 95.1 cm³/mol. The molecule has 1 amide bonds. The Labute approximate surface area is 150 Å². The second-order valence-electron chi connectivity index (χ2n) is 5.96. The number of amides is 1. The van der Waals surface area contributed by atoms with E-state index >= 15 is 0 Å². The van der Waals surface area contributed by atoms with Gasteiger partial charge in [0.25, 0.3) is 5.91 Å². The highest BCUT2D eigenvalue weighted by Crippen LogP contribution is 2.31. The molecule has 1 atom stereocenters. The Hall–Kier alpha value is -3.35. The average molecular weight is 350 g/mol. The minimum absolute atomic E-state index is 0.0770. The summed E-state index contributed by atoms with van der Waals surface area (Å²) in [5, 5.41) is 9.52. The summed E-state index contributed by atoms with van der Waals surface area (Å²) in [4.78, 5) is 16.5. The van der Waals surface area contributed by atoms with Gasteiger partial charge < -0.3 is 14.8 Å². The average Bonchev–Trinajstić information content (AvgIpc) is 3.23. The number of rotatable bonds is 5. The first-order valence-electron chi connectivity index (χ1n) is 8.41. The van der Waals surface area contributed by atoms with E-state index < -0.39 is 0 Å². The quantitative estimate of drug-likeness (QED) is 0.738. The Bertz CT molecular complexity index is 878. The van der Waals surface area contributed by atoms with Crippen molar-refractivity contribution in [3.63, 3.8) is 0 Å². The number of pyridine rings is 1. The van der Waals surface area contributed by atoms with Gasteiger partial charge in [0.2, 0.25) is 0 Å². The minimum atomic E-state index is -0.159. The van der Waals surface area contributed by atoms with E-state index in [2.05, 4.69) is 20.5 Å². The first-order chi connectivity index (χ1) is 12.8. The first-order valence-corrected chi connectivity index (χ1v) is 8.41. The lowest BCUT2D eigenvalue weighted by Gasteiger charge is -2.26. The summed E-state index contributed by atoms with van der Waals surface area (Å²) in [6, 6.07) is 11.1. The number of hydrogen-bond donors (Lipinski definition) is 2. The van der Waals surface area contributed by atoms with Crippen molar-refractivity contribution in [3.05, 3.63) is 60.6 Å². The Morgan fingerprint density at radius 1 is 1.19 bits per heavy atom. The smallest absolute Gasteiger partial charge is 0.252 e. The highest BCUT2D eigenvalue weighted by Gasteiger charge is 2.20. The molecule has 4 rings (SSSR count). The van der Waals surface area contributed by atoms with Crippen LogP contribution in [0.4, 0.5) is 0 Å². The van der Waals surface area contributed by atoms with Gasteiger partial charge in [-0.05, 0) is 24.3 Å². The molecule has 1 aliphatic heterocycles. The van der Waals surface area contributed by atoms with Gasteiger partial charge in [-0.3, -0.25) is 14.9 Å². The van der Waals surface area contributed by atoms with Gasteiger partial charge in [0, 0.05) is 30.9 Å². The van der Waals surface area contributed by atoms with Gasteiger partial charge in [-0.2, -0.15) is 5.10 Å². The van der Waals surface area contributed by atoms with Crippen molar-refractivity contribution in [3.8, 4) is 22.8 Å². The summed E-state index contributed by atoms with van der Waals surface area (Å²) in [6.07, 6.45) is 5.60. The van der Waals surface area contributed by atoms with Crippen LogP contribution in [-0.4, -0.2) is 40.3 Å². The molecule has 0 aliphatic carbocycles. The van der Waals surface area contributed by atoms with Crippen LogP contribution in [0.2, 0.25) is 0 Å². The topological polar surface area (TPSA) is 89.1 Å². The number of carbonyl (C=O) groups excluding carboxylic acids is 1. The summed E-state index contributed by atoms with van der Waals surface area (Å²) in [5.74, 6) is 1.35. The van der Waals surface area contributed by atoms with Crippen LogP contribution in [0.15, 0.2) is 55.0 Å². The van der Waals surface area contributed by atoms with Crippen molar-refractivity contribution in [2.24, 2.45) is 0 Å². The molecule has 3 heterocycles. The molecular formula is C19H18N4O3. The molecule has 0 spiro atoms. The Morgan fingerprint density at radius 2 is 2.08 bits per heavy atom. The molecule has 2 aromatic heterocycles. The first kappa shape index (κ1) is 16.1. The van der Waals surface area contributed by atoms with Crippen LogP contribution in [0.1, 0.15) is 16.8 Å². The van der Waals surface area contributed by atoms with Crippen molar-refractivity contribution < 1.29 is 14.3 Å². The standard InChI is InChI=1S/C19H18N4O3/c24-19(13-5-6-16(21-9-13)14-10-22-23-11-14)20-8-7-15-12-25-17-3-1-2-4-18(17)26-15/h1-6,9-11,15H,7-8,12H2,(H,20,24)(H,22,23)/t15-/m1/s1. The van der Waals surface area contributed by atoms with E-state index in [4.69, 9.17) is 9.47 Å². The normalized spacial score (nSPS) is 15.5. The van der Waals surface area contributed by atoms with Gasteiger partial charge in [0.1, 0.15) is 12.7 Å². The molecule has 1 aliphatic rings. The zero-order chi connectivity index (χ0) is 17.8. The number of aromatic amines is 1. The maximum atomic E-state index is 12.2. The summed E-state index contributed by atoms with van der Waals surface area (Å²) in [7, 11) is 0. The molecule has 0 unspecified atom stereocenters. The van der Waals surface area contributed by atoms with Gasteiger partial charge in [-0.25, -0.2) is 0 Å². The van der Waals surface area contributed by atoms with E-state index in [0.29, 0.717) is 25.1 Å². The van der Waals surface area contributed by atoms with Crippen molar-refractivity contribution in [2.75, 3.05) is 13.2 Å². The molecule has 7 heteroatoms. The van der Waals surface area contributed by atoms with Gasteiger partial charge in [-0.1, -0.05) is 12.1 Å². The van der Waals surface area contributed by atoms with Crippen molar-refractivity contribution in [1.82, 2.24) is 20.5 Å². The number of fused-ring (bicyclic) bond motifs is 1. The van der Waals surface area contributed by atoms with Gasteiger partial charge in [0.15, 0.2) is 11.5 Å². The van der Waals surface area contributed by atoms with E-state index in [9.17, 15) is 4.79 Å². The maximum absolute atomic E-state index is 12.2. The van der Waals surface area contributed by atoms with Gasteiger partial charge >= 0.3 is 0 Å². The third-order valence-electron chi connectivity index (χ3n) is 4.14. The molecular weight excluding hydrogens is 332 g/mol. The second kappa shape index (κ2) is 7.26. The lowest BCUT2D eigenvalue weighted by Crippen LogP contribution is -2.34. The van der Waals surface area contributed by atoms with E-state index in [1.54, 1.807) is 30.7 Å². The van der Waals surface area contributed by atoms with Crippen molar-refractivity contribution in [1.29, 1.82) is 0 Å². The molecule has 2 N–H and O–H groups in total. The van der Waals surface area contributed by atoms with E-state index in [-0.39, 0.29) is 12.0 Å². The molecule has 0 bridgehead atoms. The fraction of sp³-hybridized carbons (Fsp3) is 0.211. The Balaban J connectivity index is 1.28. The number of nitrogens with zero attached hydrogens (tertiary/aromatic N) is 2. The zero-order valence-corrected chi connectivity index (χ0v) is 14.0. The lowest BCUT2D eigenvalue weighted by atomic mass is 10.2. The molecule has 0 fully saturated rings. The fourth-order valence-electron chi connectivity index (χ4n) is 2.74. The van der Waals surface area contributed by atoms with Crippen LogP contribution < -0.4 is 14.8 Å². The highest BCUT2D eigenvalue weighted by molar-refractivity contribution is 5.94.